The van der Waals surface area contributed by atoms with Gasteiger partial charge in [0.05, 0.1) is 5.69 Å². The zero-order valence-electron chi connectivity index (χ0n) is 16.8. The largest absolute Gasteiger partial charge is 0.352 e. The van der Waals surface area contributed by atoms with Gasteiger partial charge in [-0.2, -0.15) is 10.1 Å². The first-order valence-electron chi connectivity index (χ1n) is 10.2. The SMILES string of the molecule is Cc1cc(C)n2nc(C(=O)N3CCN(c4cc5c(nn4)CCCC5)CC3)nc2n1. The third-order valence-corrected chi connectivity index (χ3v) is 5.76. The van der Waals surface area contributed by atoms with Crippen molar-refractivity contribution in [1.29, 1.82) is 0 Å². The van der Waals surface area contributed by atoms with E-state index in [1.807, 2.05) is 19.9 Å². The lowest BCUT2D eigenvalue weighted by atomic mass is 9.97. The van der Waals surface area contributed by atoms with E-state index in [0.717, 1.165) is 48.8 Å². The van der Waals surface area contributed by atoms with Gasteiger partial charge in [0.15, 0.2) is 5.82 Å². The third kappa shape index (κ3) is 3.30. The summed E-state index contributed by atoms with van der Waals surface area (Å²) < 4.78 is 1.62. The Kier molecular flexibility index (Phi) is 4.37. The molecule has 9 nitrogen and oxygen atoms in total. The van der Waals surface area contributed by atoms with E-state index in [9.17, 15) is 4.79 Å². The molecule has 0 atom stereocenters. The number of hydrogen-bond donors (Lipinski definition) is 0. The van der Waals surface area contributed by atoms with E-state index in [1.54, 1.807) is 9.42 Å². The smallest absolute Gasteiger partial charge is 0.293 e. The molecule has 1 amide bonds. The maximum absolute atomic E-state index is 12.9. The average Bonchev–Trinajstić information content (AvgIpc) is 3.17. The molecule has 4 heterocycles. The Bertz CT molecular complexity index is 1080. The van der Waals surface area contributed by atoms with Crippen LogP contribution in [0.5, 0.6) is 0 Å². The van der Waals surface area contributed by atoms with Crippen molar-refractivity contribution >= 4 is 17.5 Å². The topological polar surface area (TPSA) is 92.4 Å². The molecule has 0 bridgehead atoms. The monoisotopic (exact) mass is 392 g/mol. The van der Waals surface area contributed by atoms with E-state index in [0.29, 0.717) is 18.9 Å². The van der Waals surface area contributed by atoms with Crippen molar-refractivity contribution in [2.45, 2.75) is 39.5 Å². The minimum atomic E-state index is -0.149. The summed E-state index contributed by atoms with van der Waals surface area (Å²) in [5.41, 5.74) is 4.24. The standard InChI is InChI=1S/C20H24N8O/c1-13-11-14(2)28-20(21-13)22-18(25-28)19(29)27-9-7-26(8-10-27)17-12-15-5-3-4-6-16(15)23-24-17/h11-12H,3-10H2,1-2H3. The quantitative estimate of drug-likeness (QED) is 0.650. The highest BCUT2D eigenvalue weighted by atomic mass is 16.2. The highest BCUT2D eigenvalue weighted by molar-refractivity contribution is 5.91. The number of aryl methyl sites for hydroxylation is 4. The molecule has 3 aromatic heterocycles. The van der Waals surface area contributed by atoms with Crippen molar-refractivity contribution in [1.82, 2.24) is 34.7 Å². The van der Waals surface area contributed by atoms with Gasteiger partial charge < -0.3 is 9.80 Å². The minimum Gasteiger partial charge on any atom is -0.352 e. The molecule has 29 heavy (non-hydrogen) atoms. The Morgan fingerprint density at radius 2 is 1.76 bits per heavy atom. The van der Waals surface area contributed by atoms with E-state index in [4.69, 9.17) is 0 Å². The van der Waals surface area contributed by atoms with Crippen LogP contribution in [0.25, 0.3) is 5.78 Å². The molecule has 1 fully saturated rings. The zero-order chi connectivity index (χ0) is 20.0. The second-order valence-electron chi connectivity index (χ2n) is 7.85. The van der Waals surface area contributed by atoms with Crippen molar-refractivity contribution in [3.8, 4) is 0 Å². The number of aromatic nitrogens is 6. The van der Waals surface area contributed by atoms with Crippen LogP contribution in [0.4, 0.5) is 5.82 Å². The van der Waals surface area contributed by atoms with Crippen LogP contribution in [-0.4, -0.2) is 66.8 Å². The van der Waals surface area contributed by atoms with E-state index >= 15 is 0 Å². The Morgan fingerprint density at radius 3 is 2.59 bits per heavy atom. The molecule has 0 radical (unpaired) electrons. The van der Waals surface area contributed by atoms with Gasteiger partial charge >= 0.3 is 0 Å². The Hall–Kier alpha value is -3.10. The maximum atomic E-state index is 12.9. The van der Waals surface area contributed by atoms with Crippen LogP contribution in [-0.2, 0) is 12.8 Å². The Balaban J connectivity index is 1.29. The minimum absolute atomic E-state index is 0.149. The van der Waals surface area contributed by atoms with Gasteiger partial charge in [0.2, 0.25) is 5.82 Å². The number of anilines is 1. The van der Waals surface area contributed by atoms with Crippen molar-refractivity contribution < 1.29 is 4.79 Å². The number of hydrogen-bond acceptors (Lipinski definition) is 7. The van der Waals surface area contributed by atoms with Gasteiger partial charge in [-0.25, -0.2) is 9.50 Å². The molecule has 0 N–H and O–H groups in total. The summed E-state index contributed by atoms with van der Waals surface area (Å²) in [4.78, 5) is 25.6. The second kappa shape index (κ2) is 7.06. The summed E-state index contributed by atoms with van der Waals surface area (Å²) in [6.07, 6.45) is 4.54. The molecule has 1 aliphatic heterocycles. The van der Waals surface area contributed by atoms with E-state index in [-0.39, 0.29) is 11.7 Å². The fourth-order valence-corrected chi connectivity index (χ4v) is 4.17. The molecule has 0 spiro atoms. The molecule has 1 saturated heterocycles. The van der Waals surface area contributed by atoms with Crippen molar-refractivity contribution in [3.05, 3.63) is 40.6 Å². The molecular formula is C20H24N8O. The first-order chi connectivity index (χ1) is 14.1. The highest BCUT2D eigenvalue weighted by Gasteiger charge is 2.27. The van der Waals surface area contributed by atoms with Gasteiger partial charge in [-0.15, -0.1) is 10.2 Å². The summed E-state index contributed by atoms with van der Waals surface area (Å²) >= 11 is 0. The number of fused-ring (bicyclic) bond motifs is 2. The van der Waals surface area contributed by atoms with Crippen LogP contribution in [0.15, 0.2) is 12.1 Å². The van der Waals surface area contributed by atoms with Gasteiger partial charge in [0.1, 0.15) is 0 Å². The molecule has 0 unspecified atom stereocenters. The van der Waals surface area contributed by atoms with Crippen molar-refractivity contribution in [2.75, 3.05) is 31.1 Å². The molecule has 9 heteroatoms. The Morgan fingerprint density at radius 1 is 0.966 bits per heavy atom. The van der Waals surface area contributed by atoms with Gasteiger partial charge in [-0.05, 0) is 57.2 Å². The van der Waals surface area contributed by atoms with Crippen LogP contribution in [0.2, 0.25) is 0 Å². The van der Waals surface area contributed by atoms with E-state index in [1.165, 1.54) is 18.4 Å². The third-order valence-electron chi connectivity index (χ3n) is 5.76. The molecule has 0 aromatic carbocycles. The molecule has 5 rings (SSSR count). The first kappa shape index (κ1) is 18.0. The first-order valence-corrected chi connectivity index (χ1v) is 10.2. The highest BCUT2D eigenvalue weighted by Crippen LogP contribution is 2.23. The zero-order valence-corrected chi connectivity index (χ0v) is 16.8. The van der Waals surface area contributed by atoms with Gasteiger partial charge in [0, 0.05) is 37.6 Å². The second-order valence-corrected chi connectivity index (χ2v) is 7.85. The van der Waals surface area contributed by atoms with Crippen LogP contribution in [0, 0.1) is 13.8 Å². The molecule has 150 valence electrons. The van der Waals surface area contributed by atoms with E-state index in [2.05, 4.69) is 36.2 Å². The Labute approximate surface area is 168 Å². The van der Waals surface area contributed by atoms with Crippen LogP contribution < -0.4 is 4.90 Å². The normalized spacial score (nSPS) is 16.9. The van der Waals surface area contributed by atoms with Crippen LogP contribution >= 0.6 is 0 Å². The lowest BCUT2D eigenvalue weighted by molar-refractivity contribution is 0.0734. The number of rotatable bonds is 2. The summed E-state index contributed by atoms with van der Waals surface area (Å²) in [7, 11) is 0. The summed E-state index contributed by atoms with van der Waals surface area (Å²) in [5.74, 6) is 1.43. The van der Waals surface area contributed by atoms with Gasteiger partial charge in [-0.1, -0.05) is 0 Å². The predicted molar refractivity (Wildman–Crippen MR) is 107 cm³/mol. The van der Waals surface area contributed by atoms with Crippen molar-refractivity contribution in [2.24, 2.45) is 0 Å². The van der Waals surface area contributed by atoms with Gasteiger partial charge in [-0.3, -0.25) is 4.79 Å². The number of carbonyl (C=O) groups is 1. The fourth-order valence-electron chi connectivity index (χ4n) is 4.17. The summed E-state index contributed by atoms with van der Waals surface area (Å²) in [6.45, 7) is 6.51. The lowest BCUT2D eigenvalue weighted by Gasteiger charge is -2.35. The predicted octanol–water partition coefficient (Wildman–Crippen LogP) is 1.37. The molecule has 0 saturated carbocycles. The van der Waals surface area contributed by atoms with E-state index < -0.39 is 0 Å². The number of nitrogens with zero attached hydrogens (tertiary/aromatic N) is 8. The number of piperazine rings is 1. The average molecular weight is 392 g/mol. The van der Waals surface area contributed by atoms with Crippen LogP contribution in [0.3, 0.4) is 0 Å². The number of carbonyl (C=O) groups excluding carboxylic acids is 1. The lowest BCUT2D eigenvalue weighted by Crippen LogP contribution is -2.49. The number of amides is 1. The summed E-state index contributed by atoms with van der Waals surface area (Å²) in [6, 6.07) is 4.10. The van der Waals surface area contributed by atoms with Crippen molar-refractivity contribution in [3.63, 3.8) is 0 Å². The maximum Gasteiger partial charge on any atom is 0.293 e. The molecule has 2 aliphatic rings. The summed E-state index contributed by atoms with van der Waals surface area (Å²) in [5, 5.41) is 13.2. The molecule has 3 aromatic rings. The molecular weight excluding hydrogens is 368 g/mol. The fraction of sp³-hybridized carbons (Fsp3) is 0.500. The van der Waals surface area contributed by atoms with Gasteiger partial charge in [0.25, 0.3) is 11.7 Å². The molecule has 1 aliphatic carbocycles. The van der Waals surface area contributed by atoms with Crippen LogP contribution in [0.1, 0.15) is 46.1 Å².